The number of imide groups is 1. The second-order valence-electron chi connectivity index (χ2n) is 6.41. The lowest BCUT2D eigenvalue weighted by Crippen LogP contribution is -2.30. The monoisotopic (exact) mass is 348 g/mol. The van der Waals surface area contributed by atoms with E-state index in [0.717, 1.165) is 17.2 Å². The molecule has 1 aliphatic rings. The first-order valence-electron chi connectivity index (χ1n) is 8.35. The highest BCUT2D eigenvalue weighted by Crippen LogP contribution is 2.29. The van der Waals surface area contributed by atoms with Crippen LogP contribution < -0.4 is 10.0 Å². The third kappa shape index (κ3) is 3.88. The largest absolute Gasteiger partial charge is 0.545 e. The number of carbonyl (C=O) groups is 3. The van der Waals surface area contributed by atoms with Gasteiger partial charge in [0.25, 0.3) is 0 Å². The Hall–Kier alpha value is -3.21. The fourth-order valence-electron chi connectivity index (χ4n) is 3.18. The summed E-state index contributed by atoms with van der Waals surface area (Å²) in [5.74, 6) is -2.15. The van der Waals surface area contributed by atoms with Crippen molar-refractivity contribution in [3.63, 3.8) is 0 Å². The lowest BCUT2D eigenvalue weighted by molar-refractivity contribution is -0.297. The quantitative estimate of drug-likeness (QED) is 0.611. The zero-order valence-electron chi connectivity index (χ0n) is 14.3. The van der Waals surface area contributed by atoms with Gasteiger partial charge in [-0.1, -0.05) is 48.0 Å². The molecule has 132 valence electrons. The number of benzene rings is 2. The van der Waals surface area contributed by atoms with Gasteiger partial charge in [0.15, 0.2) is 0 Å². The van der Waals surface area contributed by atoms with E-state index in [-0.39, 0.29) is 24.2 Å². The number of anilines is 1. The molecule has 5 heteroatoms. The highest BCUT2D eigenvalue weighted by molar-refractivity contribution is 6.21. The van der Waals surface area contributed by atoms with E-state index in [0.29, 0.717) is 17.7 Å². The van der Waals surface area contributed by atoms with Gasteiger partial charge in [-0.05, 0) is 42.7 Å². The fraction of sp³-hybridized carbons (Fsp3) is 0.190. The van der Waals surface area contributed by atoms with Crippen LogP contribution in [0.5, 0.6) is 0 Å². The summed E-state index contributed by atoms with van der Waals surface area (Å²) in [5, 5.41) is 10.5. The Kier molecular flexibility index (Phi) is 4.98. The van der Waals surface area contributed by atoms with E-state index in [2.05, 4.69) is 0 Å². The van der Waals surface area contributed by atoms with Crippen molar-refractivity contribution in [3.8, 4) is 0 Å². The van der Waals surface area contributed by atoms with E-state index in [1.165, 1.54) is 11.0 Å². The van der Waals surface area contributed by atoms with Crippen LogP contribution in [0.2, 0.25) is 0 Å². The van der Waals surface area contributed by atoms with E-state index in [4.69, 9.17) is 0 Å². The molecule has 3 rings (SSSR count). The number of amides is 2. The van der Waals surface area contributed by atoms with Crippen LogP contribution in [0.1, 0.15) is 23.1 Å². The van der Waals surface area contributed by atoms with Crippen molar-refractivity contribution < 1.29 is 19.5 Å². The molecular weight excluding hydrogens is 330 g/mol. The third-order valence-corrected chi connectivity index (χ3v) is 4.34. The molecule has 5 nitrogen and oxygen atoms in total. The number of hydrogen-bond acceptors (Lipinski definition) is 4. The SMILES string of the molecule is Cc1cccc(C[C@H]2CC(=O)N(c3cccc(/C=C/C(=O)[O-])c3)C2=O)c1. The number of carboxylic acid groups (broad SMARTS) is 1. The second kappa shape index (κ2) is 7.35. The van der Waals surface area contributed by atoms with Gasteiger partial charge in [0.05, 0.1) is 17.6 Å². The molecule has 1 saturated heterocycles. The zero-order valence-corrected chi connectivity index (χ0v) is 14.3. The van der Waals surface area contributed by atoms with Crippen molar-refractivity contribution in [2.45, 2.75) is 19.8 Å². The Morgan fingerprint density at radius 2 is 1.96 bits per heavy atom. The van der Waals surface area contributed by atoms with Crippen LogP contribution >= 0.6 is 0 Å². The molecule has 0 bridgehead atoms. The predicted octanol–water partition coefficient (Wildman–Crippen LogP) is 1.88. The standard InChI is InChI=1S/C21H19NO4/c1-14-4-2-6-16(10-14)11-17-13-19(23)22(21(17)26)18-7-3-5-15(12-18)8-9-20(24)25/h2-10,12,17H,11,13H2,1H3,(H,24,25)/p-1/b9-8+/t17-/m0/s1. The van der Waals surface area contributed by atoms with Crippen LogP contribution in [0, 0.1) is 12.8 Å². The van der Waals surface area contributed by atoms with E-state index < -0.39 is 5.97 Å². The molecule has 1 aliphatic heterocycles. The molecule has 1 heterocycles. The minimum Gasteiger partial charge on any atom is -0.545 e. The number of rotatable bonds is 5. The molecule has 0 unspecified atom stereocenters. The third-order valence-electron chi connectivity index (χ3n) is 4.34. The first kappa shape index (κ1) is 17.6. The zero-order chi connectivity index (χ0) is 18.7. The summed E-state index contributed by atoms with van der Waals surface area (Å²) >= 11 is 0. The van der Waals surface area contributed by atoms with Crippen LogP contribution in [0.4, 0.5) is 5.69 Å². The van der Waals surface area contributed by atoms with Crippen LogP contribution in [0.3, 0.4) is 0 Å². The molecule has 2 aromatic carbocycles. The van der Waals surface area contributed by atoms with Crippen LogP contribution in [-0.2, 0) is 20.8 Å². The van der Waals surface area contributed by atoms with Gasteiger partial charge in [-0.2, -0.15) is 0 Å². The van der Waals surface area contributed by atoms with Crippen molar-refractivity contribution in [2.75, 3.05) is 4.90 Å². The second-order valence-corrected chi connectivity index (χ2v) is 6.41. The highest BCUT2D eigenvalue weighted by Gasteiger charge is 2.39. The molecule has 0 saturated carbocycles. The molecular formula is C21H18NO4-. The molecule has 0 aliphatic carbocycles. The van der Waals surface area contributed by atoms with Gasteiger partial charge in [0.1, 0.15) is 0 Å². The fourth-order valence-corrected chi connectivity index (χ4v) is 3.18. The minimum atomic E-state index is -1.30. The first-order chi connectivity index (χ1) is 12.4. The summed E-state index contributed by atoms with van der Waals surface area (Å²) in [6.07, 6.45) is 2.97. The maximum atomic E-state index is 12.8. The van der Waals surface area contributed by atoms with Crippen molar-refractivity contribution >= 4 is 29.5 Å². The Morgan fingerprint density at radius 1 is 1.19 bits per heavy atom. The smallest absolute Gasteiger partial charge is 0.237 e. The number of nitrogens with zero attached hydrogens (tertiary/aromatic N) is 1. The molecule has 26 heavy (non-hydrogen) atoms. The minimum absolute atomic E-state index is 0.173. The number of aliphatic carboxylic acids is 1. The molecule has 0 spiro atoms. The van der Waals surface area contributed by atoms with E-state index in [1.54, 1.807) is 24.3 Å². The molecule has 0 radical (unpaired) electrons. The Labute approximate surface area is 151 Å². The Bertz CT molecular complexity index is 900. The van der Waals surface area contributed by atoms with Crippen LogP contribution in [0.15, 0.2) is 54.6 Å². The molecule has 1 fully saturated rings. The average molecular weight is 348 g/mol. The lowest BCUT2D eigenvalue weighted by Gasteiger charge is -2.16. The van der Waals surface area contributed by atoms with E-state index in [9.17, 15) is 19.5 Å². The normalized spacial score (nSPS) is 17.3. The topological polar surface area (TPSA) is 77.5 Å². The first-order valence-corrected chi connectivity index (χ1v) is 8.35. The van der Waals surface area contributed by atoms with Gasteiger partial charge in [0, 0.05) is 6.42 Å². The molecule has 0 aromatic heterocycles. The highest BCUT2D eigenvalue weighted by atomic mass is 16.4. The van der Waals surface area contributed by atoms with Gasteiger partial charge < -0.3 is 9.90 Å². The van der Waals surface area contributed by atoms with E-state index >= 15 is 0 Å². The molecule has 2 aromatic rings. The van der Waals surface area contributed by atoms with Crippen molar-refractivity contribution in [1.29, 1.82) is 0 Å². The average Bonchev–Trinajstić information content (AvgIpc) is 2.87. The predicted molar refractivity (Wildman–Crippen MR) is 96.0 cm³/mol. The van der Waals surface area contributed by atoms with Gasteiger partial charge in [-0.3, -0.25) is 14.5 Å². The molecule has 2 amide bonds. The van der Waals surface area contributed by atoms with E-state index in [1.807, 2.05) is 31.2 Å². The number of aryl methyl sites for hydroxylation is 1. The summed E-state index contributed by atoms with van der Waals surface area (Å²) in [6, 6.07) is 14.6. The summed E-state index contributed by atoms with van der Waals surface area (Å²) in [4.78, 5) is 36.9. The maximum absolute atomic E-state index is 12.8. The number of carbonyl (C=O) groups excluding carboxylic acids is 3. The van der Waals surface area contributed by atoms with Gasteiger partial charge in [-0.25, -0.2) is 0 Å². The number of carboxylic acids is 1. The van der Waals surface area contributed by atoms with Crippen LogP contribution in [-0.4, -0.2) is 17.8 Å². The van der Waals surface area contributed by atoms with Crippen molar-refractivity contribution in [3.05, 3.63) is 71.3 Å². The number of hydrogen-bond donors (Lipinski definition) is 0. The lowest BCUT2D eigenvalue weighted by atomic mass is 9.97. The maximum Gasteiger partial charge on any atom is 0.237 e. The molecule has 0 N–H and O–H groups in total. The van der Waals surface area contributed by atoms with Crippen molar-refractivity contribution in [1.82, 2.24) is 0 Å². The Morgan fingerprint density at radius 3 is 2.69 bits per heavy atom. The van der Waals surface area contributed by atoms with Crippen molar-refractivity contribution in [2.24, 2.45) is 5.92 Å². The summed E-state index contributed by atoms with van der Waals surface area (Å²) in [6.45, 7) is 1.99. The van der Waals surface area contributed by atoms with Gasteiger partial charge in [-0.15, -0.1) is 0 Å². The summed E-state index contributed by atoms with van der Waals surface area (Å²) in [5.41, 5.74) is 3.17. The van der Waals surface area contributed by atoms with Gasteiger partial charge in [0.2, 0.25) is 11.8 Å². The van der Waals surface area contributed by atoms with Gasteiger partial charge >= 0.3 is 0 Å². The summed E-state index contributed by atoms with van der Waals surface area (Å²) < 4.78 is 0. The van der Waals surface area contributed by atoms with Crippen LogP contribution in [0.25, 0.3) is 6.08 Å². The Balaban J connectivity index is 1.81. The summed E-state index contributed by atoms with van der Waals surface area (Å²) in [7, 11) is 0. The molecule has 1 atom stereocenters.